The molecule has 1 aromatic rings. The number of nitrogens with one attached hydrogen (secondary N) is 1. The monoisotopic (exact) mass is 303 g/mol. The summed E-state index contributed by atoms with van der Waals surface area (Å²) in [5, 5.41) is 12.8. The van der Waals surface area contributed by atoms with Crippen molar-refractivity contribution < 1.29 is 23.0 Å². The van der Waals surface area contributed by atoms with E-state index in [1.807, 2.05) is 6.07 Å². The molecule has 2 rings (SSSR count). The number of ether oxygens (including phenoxy) is 1. The highest BCUT2D eigenvalue weighted by atomic mass is 19.4. The van der Waals surface area contributed by atoms with Crippen LogP contribution in [0.2, 0.25) is 0 Å². The molecule has 1 aromatic carbocycles. The molecule has 3 nitrogen and oxygen atoms in total. The molecule has 0 unspecified atom stereocenters. The van der Waals surface area contributed by atoms with E-state index in [9.17, 15) is 18.3 Å². The number of hydrogen-bond acceptors (Lipinski definition) is 3. The number of benzene rings is 1. The Morgan fingerprint density at radius 1 is 1.19 bits per heavy atom. The molecular weight excluding hydrogens is 283 g/mol. The van der Waals surface area contributed by atoms with Gasteiger partial charge in [0.15, 0.2) is 6.61 Å². The Morgan fingerprint density at radius 3 is 2.57 bits per heavy atom. The zero-order valence-electron chi connectivity index (χ0n) is 11.7. The van der Waals surface area contributed by atoms with Crippen LogP contribution in [0.3, 0.4) is 0 Å². The first kappa shape index (κ1) is 16.1. The predicted octanol–water partition coefficient (Wildman–Crippen LogP) is 3.02. The minimum Gasteiger partial charge on any atom is -0.484 e. The summed E-state index contributed by atoms with van der Waals surface area (Å²) < 4.78 is 41.1. The molecule has 0 bridgehead atoms. The molecule has 21 heavy (non-hydrogen) atoms. The summed E-state index contributed by atoms with van der Waals surface area (Å²) in [5.41, 5.74) is 0.890. The summed E-state index contributed by atoms with van der Waals surface area (Å²) in [7, 11) is 0. The zero-order valence-corrected chi connectivity index (χ0v) is 11.7. The maximum Gasteiger partial charge on any atom is 0.422 e. The molecule has 0 radical (unpaired) electrons. The summed E-state index contributed by atoms with van der Waals surface area (Å²) in [6.45, 7) is -0.686. The van der Waals surface area contributed by atoms with Gasteiger partial charge in [0.1, 0.15) is 5.75 Å². The van der Waals surface area contributed by atoms with Crippen LogP contribution < -0.4 is 10.1 Å². The third kappa shape index (κ3) is 5.93. The summed E-state index contributed by atoms with van der Waals surface area (Å²) in [6, 6.07) is 7.04. The number of aliphatic hydroxyl groups is 1. The van der Waals surface area contributed by atoms with Crippen LogP contribution in [0.1, 0.15) is 31.2 Å². The predicted molar refractivity (Wildman–Crippen MR) is 73.1 cm³/mol. The molecule has 0 atom stereocenters. The number of aliphatic hydroxyl groups excluding tert-OH is 1. The van der Waals surface area contributed by atoms with Crippen LogP contribution >= 0.6 is 0 Å². The van der Waals surface area contributed by atoms with E-state index in [1.165, 1.54) is 6.07 Å². The molecule has 1 saturated carbocycles. The maximum atomic E-state index is 12.1. The van der Waals surface area contributed by atoms with Gasteiger partial charge in [-0.2, -0.15) is 13.2 Å². The van der Waals surface area contributed by atoms with Crippen molar-refractivity contribution in [3.05, 3.63) is 29.8 Å². The number of halogens is 3. The van der Waals surface area contributed by atoms with E-state index in [1.54, 1.807) is 12.1 Å². The summed E-state index contributed by atoms with van der Waals surface area (Å²) >= 11 is 0. The van der Waals surface area contributed by atoms with E-state index >= 15 is 0 Å². The molecule has 1 aliphatic rings. The summed E-state index contributed by atoms with van der Waals surface area (Å²) in [6.07, 6.45) is -1.07. The molecule has 0 amide bonds. The Balaban J connectivity index is 1.80. The van der Waals surface area contributed by atoms with Crippen molar-refractivity contribution in [2.45, 2.75) is 50.6 Å². The van der Waals surface area contributed by atoms with E-state index in [-0.39, 0.29) is 11.9 Å². The highest BCUT2D eigenvalue weighted by Gasteiger charge is 2.28. The Bertz CT molecular complexity index is 443. The van der Waals surface area contributed by atoms with Crippen LogP contribution in [-0.4, -0.2) is 30.0 Å². The van der Waals surface area contributed by atoms with Crippen molar-refractivity contribution >= 4 is 0 Å². The van der Waals surface area contributed by atoms with Crippen LogP contribution in [-0.2, 0) is 6.54 Å². The highest BCUT2D eigenvalue weighted by Crippen LogP contribution is 2.21. The lowest BCUT2D eigenvalue weighted by atomic mass is 9.93. The standard InChI is InChI=1S/C15H20F3NO2/c16-15(17,18)10-21-14-3-1-2-11(8-14)9-19-12-4-6-13(20)7-5-12/h1-3,8,12-13,19-20H,4-7,9-10H2. The normalized spacial score (nSPS) is 23.0. The molecule has 0 spiro atoms. The van der Waals surface area contributed by atoms with Crippen molar-refractivity contribution in [3.63, 3.8) is 0 Å². The molecule has 0 aliphatic heterocycles. The van der Waals surface area contributed by atoms with Crippen LogP contribution in [0.4, 0.5) is 13.2 Å². The van der Waals surface area contributed by atoms with E-state index in [4.69, 9.17) is 4.74 Å². The molecule has 0 heterocycles. The van der Waals surface area contributed by atoms with Gasteiger partial charge in [-0.15, -0.1) is 0 Å². The fourth-order valence-corrected chi connectivity index (χ4v) is 2.45. The third-order valence-corrected chi connectivity index (χ3v) is 3.59. The lowest BCUT2D eigenvalue weighted by molar-refractivity contribution is -0.153. The average molecular weight is 303 g/mol. The first-order valence-corrected chi connectivity index (χ1v) is 7.12. The molecular formula is C15H20F3NO2. The molecule has 0 saturated heterocycles. The van der Waals surface area contributed by atoms with E-state index in [0.717, 1.165) is 31.2 Å². The van der Waals surface area contributed by atoms with Crippen molar-refractivity contribution in [3.8, 4) is 5.75 Å². The van der Waals surface area contributed by atoms with Gasteiger partial charge >= 0.3 is 6.18 Å². The Labute approximate surface area is 122 Å². The van der Waals surface area contributed by atoms with Crippen LogP contribution in [0.25, 0.3) is 0 Å². The fourth-order valence-electron chi connectivity index (χ4n) is 2.45. The van der Waals surface area contributed by atoms with Gasteiger partial charge in [-0.1, -0.05) is 12.1 Å². The topological polar surface area (TPSA) is 41.5 Å². The molecule has 2 N–H and O–H groups in total. The van der Waals surface area contributed by atoms with E-state index in [0.29, 0.717) is 12.6 Å². The van der Waals surface area contributed by atoms with Gasteiger partial charge in [0.05, 0.1) is 6.10 Å². The number of rotatable bonds is 5. The zero-order chi connectivity index (χ0) is 15.3. The Morgan fingerprint density at radius 2 is 1.90 bits per heavy atom. The fraction of sp³-hybridized carbons (Fsp3) is 0.600. The third-order valence-electron chi connectivity index (χ3n) is 3.59. The first-order chi connectivity index (χ1) is 9.92. The van der Waals surface area contributed by atoms with Crippen LogP contribution in [0, 0.1) is 0 Å². The second-order valence-corrected chi connectivity index (χ2v) is 5.44. The van der Waals surface area contributed by atoms with Gasteiger partial charge in [0.2, 0.25) is 0 Å². The molecule has 6 heteroatoms. The molecule has 1 aliphatic carbocycles. The van der Waals surface area contributed by atoms with Gasteiger partial charge in [-0.25, -0.2) is 0 Å². The Hall–Kier alpha value is -1.27. The lowest BCUT2D eigenvalue weighted by Crippen LogP contribution is -2.34. The van der Waals surface area contributed by atoms with Crippen LogP contribution in [0.5, 0.6) is 5.75 Å². The molecule has 0 aromatic heterocycles. The second kappa shape index (κ2) is 7.13. The van der Waals surface area contributed by atoms with Crippen molar-refractivity contribution in [1.29, 1.82) is 0 Å². The first-order valence-electron chi connectivity index (χ1n) is 7.12. The van der Waals surface area contributed by atoms with Gasteiger partial charge in [0.25, 0.3) is 0 Å². The Kier molecular flexibility index (Phi) is 5.47. The van der Waals surface area contributed by atoms with Gasteiger partial charge in [-0.05, 0) is 43.4 Å². The van der Waals surface area contributed by atoms with Crippen LogP contribution in [0.15, 0.2) is 24.3 Å². The van der Waals surface area contributed by atoms with E-state index in [2.05, 4.69) is 5.32 Å². The van der Waals surface area contributed by atoms with Gasteiger partial charge < -0.3 is 15.2 Å². The minimum absolute atomic E-state index is 0.192. The number of hydrogen-bond donors (Lipinski definition) is 2. The van der Waals surface area contributed by atoms with Gasteiger partial charge in [0, 0.05) is 12.6 Å². The average Bonchev–Trinajstić information content (AvgIpc) is 2.44. The molecule has 118 valence electrons. The lowest BCUT2D eigenvalue weighted by Gasteiger charge is -2.26. The van der Waals surface area contributed by atoms with E-state index < -0.39 is 12.8 Å². The highest BCUT2D eigenvalue weighted by molar-refractivity contribution is 5.28. The minimum atomic E-state index is -4.32. The summed E-state index contributed by atoms with van der Waals surface area (Å²) in [4.78, 5) is 0. The van der Waals surface area contributed by atoms with Crippen molar-refractivity contribution in [2.24, 2.45) is 0 Å². The second-order valence-electron chi connectivity index (χ2n) is 5.44. The smallest absolute Gasteiger partial charge is 0.422 e. The number of alkyl halides is 3. The maximum absolute atomic E-state index is 12.1. The SMILES string of the molecule is OC1CCC(NCc2cccc(OCC(F)(F)F)c2)CC1. The molecule has 1 fully saturated rings. The van der Waals surface area contributed by atoms with Gasteiger partial charge in [-0.3, -0.25) is 0 Å². The van der Waals surface area contributed by atoms with Crippen molar-refractivity contribution in [2.75, 3.05) is 6.61 Å². The summed E-state index contributed by atoms with van der Waals surface area (Å²) in [5.74, 6) is 0.227. The largest absolute Gasteiger partial charge is 0.484 e. The quantitative estimate of drug-likeness (QED) is 0.878. The van der Waals surface area contributed by atoms with Crippen molar-refractivity contribution in [1.82, 2.24) is 5.32 Å².